The van der Waals surface area contributed by atoms with E-state index in [1.165, 1.54) is 0 Å². The molecule has 23 heavy (non-hydrogen) atoms. The van der Waals surface area contributed by atoms with E-state index in [1.807, 2.05) is 18.2 Å². The monoisotopic (exact) mass is 319 g/mol. The smallest absolute Gasteiger partial charge is 0.138 e. The van der Waals surface area contributed by atoms with Gasteiger partial charge in [0.1, 0.15) is 5.75 Å². The molecule has 3 heterocycles. The molecule has 4 rings (SSSR count). The van der Waals surface area contributed by atoms with Crippen LogP contribution < -0.4 is 5.32 Å². The molecule has 0 radical (unpaired) electrons. The lowest BCUT2D eigenvalue weighted by Crippen LogP contribution is -2.30. The average Bonchev–Trinajstić information content (AvgIpc) is 3.34. The maximum absolute atomic E-state index is 9.88. The van der Waals surface area contributed by atoms with E-state index in [2.05, 4.69) is 5.32 Å². The zero-order valence-electron chi connectivity index (χ0n) is 13.4. The molecule has 0 amide bonds. The number of aromatic hydroxyl groups is 1. The summed E-state index contributed by atoms with van der Waals surface area (Å²) >= 11 is 0. The molecule has 0 bridgehead atoms. The second-order valence-corrected chi connectivity index (χ2v) is 7.17. The Morgan fingerprint density at radius 2 is 1.48 bits per heavy atom. The van der Waals surface area contributed by atoms with Gasteiger partial charge in [0.25, 0.3) is 0 Å². The van der Waals surface area contributed by atoms with E-state index >= 15 is 0 Å². The van der Waals surface area contributed by atoms with Crippen molar-refractivity contribution in [2.24, 2.45) is 5.41 Å². The van der Waals surface area contributed by atoms with E-state index in [-0.39, 0.29) is 5.41 Å². The van der Waals surface area contributed by atoms with Crippen LogP contribution in [0.4, 0.5) is 5.69 Å². The number of phenolic OH excluding ortho intramolecular Hbond substituents is 1. The van der Waals surface area contributed by atoms with Crippen LogP contribution in [-0.2, 0) is 14.2 Å². The van der Waals surface area contributed by atoms with Gasteiger partial charge >= 0.3 is 0 Å². The molecule has 5 nitrogen and oxygen atoms in total. The first-order chi connectivity index (χ1) is 11.2. The number of hydrogen-bond donors (Lipinski definition) is 2. The largest absolute Gasteiger partial charge is 0.506 e. The predicted octanol–water partition coefficient (Wildman–Crippen LogP) is 2.55. The van der Waals surface area contributed by atoms with Crippen molar-refractivity contribution in [3.8, 4) is 5.75 Å². The van der Waals surface area contributed by atoms with E-state index in [0.29, 0.717) is 24.1 Å². The first-order valence-electron chi connectivity index (χ1n) is 8.59. The van der Waals surface area contributed by atoms with Crippen molar-refractivity contribution in [1.29, 1.82) is 0 Å². The maximum Gasteiger partial charge on any atom is 0.138 e. The molecule has 0 aromatic heterocycles. The summed E-state index contributed by atoms with van der Waals surface area (Å²) < 4.78 is 16.5. The fraction of sp³-hybridized carbons (Fsp3) is 0.667. The van der Waals surface area contributed by atoms with E-state index in [1.54, 1.807) is 6.07 Å². The number of para-hydroxylation sites is 2. The quantitative estimate of drug-likeness (QED) is 0.512. The molecule has 2 N–H and O–H groups in total. The molecule has 0 aliphatic carbocycles. The zero-order valence-corrected chi connectivity index (χ0v) is 13.4. The summed E-state index contributed by atoms with van der Waals surface area (Å²) in [5, 5.41) is 13.3. The molecule has 0 saturated carbocycles. The SMILES string of the molecule is Oc1ccccc1NCCC(CC1CO1)(CC1CO1)CC1CO1. The van der Waals surface area contributed by atoms with Crippen LogP contribution >= 0.6 is 0 Å². The minimum absolute atomic E-state index is 0.209. The number of hydrogen-bond acceptors (Lipinski definition) is 5. The Kier molecular flexibility index (Phi) is 4.18. The highest BCUT2D eigenvalue weighted by Gasteiger charge is 2.45. The molecule has 3 fully saturated rings. The molecule has 1 aromatic carbocycles. The van der Waals surface area contributed by atoms with Crippen molar-refractivity contribution in [3.05, 3.63) is 24.3 Å². The third kappa shape index (κ3) is 4.37. The summed E-state index contributed by atoms with van der Waals surface area (Å²) in [5.41, 5.74) is 1.01. The second-order valence-electron chi connectivity index (χ2n) is 7.17. The highest BCUT2D eigenvalue weighted by Crippen LogP contribution is 2.46. The predicted molar refractivity (Wildman–Crippen MR) is 86.7 cm³/mol. The van der Waals surface area contributed by atoms with Gasteiger partial charge in [-0.1, -0.05) is 12.1 Å². The molecule has 3 saturated heterocycles. The molecule has 5 heteroatoms. The van der Waals surface area contributed by atoms with Crippen LogP contribution in [0.3, 0.4) is 0 Å². The third-order valence-electron chi connectivity index (χ3n) is 5.06. The summed E-state index contributed by atoms with van der Waals surface area (Å²) in [4.78, 5) is 0. The van der Waals surface area contributed by atoms with E-state index < -0.39 is 0 Å². The Bertz CT molecular complexity index is 502. The fourth-order valence-electron chi connectivity index (χ4n) is 3.65. The lowest BCUT2D eigenvalue weighted by Gasteiger charge is -2.33. The Morgan fingerprint density at radius 1 is 0.957 bits per heavy atom. The number of nitrogens with one attached hydrogen (secondary N) is 1. The first kappa shape index (κ1) is 15.2. The fourth-order valence-corrected chi connectivity index (χ4v) is 3.65. The van der Waals surface area contributed by atoms with Crippen molar-refractivity contribution in [3.63, 3.8) is 0 Å². The Morgan fingerprint density at radius 3 is 1.96 bits per heavy atom. The summed E-state index contributed by atoms with van der Waals surface area (Å²) in [5.74, 6) is 0.305. The number of phenols is 1. The summed E-state index contributed by atoms with van der Waals surface area (Å²) in [6, 6.07) is 7.40. The van der Waals surface area contributed by atoms with Crippen LogP contribution in [0.1, 0.15) is 25.7 Å². The van der Waals surface area contributed by atoms with Gasteiger partial charge in [0.15, 0.2) is 0 Å². The minimum atomic E-state index is 0.209. The van der Waals surface area contributed by atoms with Gasteiger partial charge in [0.2, 0.25) is 0 Å². The standard InChI is InChI=1S/C18H25NO4/c20-17-4-2-1-3-16(17)19-6-5-18(7-13-10-21-13,8-14-11-22-14)9-15-12-23-15/h1-4,13-15,19-20H,5-12H2. The van der Waals surface area contributed by atoms with E-state index in [9.17, 15) is 5.11 Å². The molecule has 3 atom stereocenters. The molecule has 3 aliphatic heterocycles. The van der Waals surface area contributed by atoms with Crippen LogP contribution in [0.5, 0.6) is 5.75 Å². The van der Waals surface area contributed by atoms with Crippen molar-refractivity contribution >= 4 is 5.69 Å². The van der Waals surface area contributed by atoms with Crippen LogP contribution in [0.15, 0.2) is 24.3 Å². The van der Waals surface area contributed by atoms with E-state index in [0.717, 1.165) is 57.7 Å². The Balaban J connectivity index is 1.39. The van der Waals surface area contributed by atoms with E-state index in [4.69, 9.17) is 14.2 Å². The van der Waals surface area contributed by atoms with Gasteiger partial charge in [-0.25, -0.2) is 0 Å². The molecule has 3 unspecified atom stereocenters. The molecule has 1 aromatic rings. The molecule has 126 valence electrons. The van der Waals surface area contributed by atoms with Crippen molar-refractivity contribution in [1.82, 2.24) is 0 Å². The number of rotatable bonds is 10. The molecule has 0 spiro atoms. The minimum Gasteiger partial charge on any atom is -0.506 e. The van der Waals surface area contributed by atoms with Gasteiger partial charge in [-0.05, 0) is 43.2 Å². The first-order valence-corrected chi connectivity index (χ1v) is 8.59. The summed E-state index contributed by atoms with van der Waals surface area (Å²) in [7, 11) is 0. The lowest BCUT2D eigenvalue weighted by atomic mass is 9.72. The maximum atomic E-state index is 9.88. The number of ether oxygens (including phenoxy) is 3. The summed E-state index contributed by atoms with van der Waals surface area (Å²) in [6.45, 7) is 3.52. The van der Waals surface area contributed by atoms with Gasteiger partial charge in [-0.2, -0.15) is 0 Å². The average molecular weight is 319 g/mol. The van der Waals surface area contributed by atoms with Crippen molar-refractivity contribution in [2.75, 3.05) is 31.7 Å². The van der Waals surface area contributed by atoms with Gasteiger partial charge < -0.3 is 24.6 Å². The second kappa shape index (κ2) is 6.30. The van der Waals surface area contributed by atoms with Crippen molar-refractivity contribution in [2.45, 2.75) is 44.0 Å². The highest BCUT2D eigenvalue weighted by atomic mass is 16.6. The molecule has 3 aliphatic rings. The number of epoxide rings is 3. The van der Waals surface area contributed by atoms with Gasteiger partial charge in [0.05, 0.1) is 43.8 Å². The Hall–Kier alpha value is -1.30. The summed E-state index contributed by atoms with van der Waals surface area (Å²) in [6.07, 6.45) is 5.56. The normalized spacial score (nSPS) is 30.5. The highest BCUT2D eigenvalue weighted by molar-refractivity contribution is 5.55. The molecular formula is C18H25NO4. The topological polar surface area (TPSA) is 69.8 Å². The van der Waals surface area contributed by atoms with Gasteiger partial charge in [-0.15, -0.1) is 0 Å². The van der Waals surface area contributed by atoms with Gasteiger partial charge in [0, 0.05) is 6.54 Å². The van der Waals surface area contributed by atoms with Crippen LogP contribution in [0.2, 0.25) is 0 Å². The van der Waals surface area contributed by atoms with Crippen LogP contribution in [0.25, 0.3) is 0 Å². The number of benzene rings is 1. The third-order valence-corrected chi connectivity index (χ3v) is 5.06. The molecular weight excluding hydrogens is 294 g/mol. The lowest BCUT2D eigenvalue weighted by molar-refractivity contribution is 0.146. The van der Waals surface area contributed by atoms with Crippen molar-refractivity contribution < 1.29 is 19.3 Å². The van der Waals surface area contributed by atoms with Crippen LogP contribution in [0, 0.1) is 5.41 Å². The van der Waals surface area contributed by atoms with Gasteiger partial charge in [-0.3, -0.25) is 0 Å². The zero-order chi connectivity index (χ0) is 15.7. The van der Waals surface area contributed by atoms with Crippen LogP contribution in [-0.4, -0.2) is 49.8 Å². The Labute approximate surface area is 136 Å². The number of anilines is 1.